The SMILES string of the molecule is CC(=O)c1cccc(N[C@@H](c2nnc(-c3ccccc3)o2)c2ccccc2F)c1. The number of carbonyl (C=O) groups is 1. The predicted octanol–water partition coefficient (Wildman–Crippen LogP) is 5.28. The molecule has 6 heteroatoms. The molecule has 0 bridgehead atoms. The first kappa shape index (κ1) is 18.6. The van der Waals surface area contributed by atoms with Crippen LogP contribution < -0.4 is 5.32 Å². The van der Waals surface area contributed by atoms with Gasteiger partial charge in [-0.05, 0) is 37.3 Å². The van der Waals surface area contributed by atoms with Crippen molar-refractivity contribution in [3.8, 4) is 11.5 Å². The normalized spacial score (nSPS) is 11.8. The molecule has 1 atom stereocenters. The molecular formula is C23H18FN3O2. The molecule has 0 saturated heterocycles. The average Bonchev–Trinajstić information content (AvgIpc) is 3.23. The van der Waals surface area contributed by atoms with Crippen LogP contribution in [0.3, 0.4) is 0 Å². The summed E-state index contributed by atoms with van der Waals surface area (Å²) in [5.41, 5.74) is 2.34. The maximum Gasteiger partial charge on any atom is 0.247 e. The van der Waals surface area contributed by atoms with Crippen LogP contribution in [0.4, 0.5) is 10.1 Å². The molecule has 4 rings (SSSR count). The number of benzene rings is 3. The summed E-state index contributed by atoms with van der Waals surface area (Å²) in [5.74, 6) is 0.121. The quantitative estimate of drug-likeness (QED) is 0.456. The summed E-state index contributed by atoms with van der Waals surface area (Å²) < 4.78 is 20.5. The van der Waals surface area contributed by atoms with Crippen LogP contribution in [-0.2, 0) is 0 Å². The first-order valence-corrected chi connectivity index (χ1v) is 9.12. The Morgan fingerprint density at radius 3 is 2.48 bits per heavy atom. The van der Waals surface area contributed by atoms with Gasteiger partial charge in [-0.15, -0.1) is 10.2 Å². The zero-order chi connectivity index (χ0) is 20.2. The zero-order valence-corrected chi connectivity index (χ0v) is 15.7. The maximum absolute atomic E-state index is 14.6. The number of ketones is 1. The minimum absolute atomic E-state index is 0.0553. The Balaban J connectivity index is 1.74. The molecule has 0 spiro atoms. The second kappa shape index (κ2) is 8.06. The largest absolute Gasteiger partial charge is 0.418 e. The fourth-order valence-electron chi connectivity index (χ4n) is 3.02. The smallest absolute Gasteiger partial charge is 0.247 e. The molecule has 3 aromatic carbocycles. The number of hydrogen-bond acceptors (Lipinski definition) is 5. The van der Waals surface area contributed by atoms with Crippen molar-refractivity contribution in [1.82, 2.24) is 10.2 Å². The molecule has 1 heterocycles. The van der Waals surface area contributed by atoms with Crippen LogP contribution in [0.25, 0.3) is 11.5 Å². The van der Waals surface area contributed by atoms with Crippen molar-refractivity contribution < 1.29 is 13.6 Å². The van der Waals surface area contributed by atoms with Gasteiger partial charge in [0.2, 0.25) is 11.8 Å². The van der Waals surface area contributed by atoms with Crippen molar-refractivity contribution >= 4 is 11.5 Å². The van der Waals surface area contributed by atoms with E-state index < -0.39 is 11.9 Å². The summed E-state index contributed by atoms with van der Waals surface area (Å²) >= 11 is 0. The Labute approximate surface area is 167 Å². The Bertz CT molecular complexity index is 1140. The van der Waals surface area contributed by atoms with Crippen molar-refractivity contribution in [2.45, 2.75) is 13.0 Å². The Hall–Kier alpha value is -3.80. The van der Waals surface area contributed by atoms with Gasteiger partial charge < -0.3 is 9.73 Å². The summed E-state index contributed by atoms with van der Waals surface area (Å²) in [6.45, 7) is 1.50. The molecule has 0 fully saturated rings. The minimum Gasteiger partial charge on any atom is -0.418 e. The lowest BCUT2D eigenvalue weighted by Gasteiger charge is -2.18. The average molecular weight is 387 g/mol. The number of anilines is 1. The molecule has 144 valence electrons. The van der Waals surface area contributed by atoms with Crippen molar-refractivity contribution in [1.29, 1.82) is 0 Å². The summed E-state index contributed by atoms with van der Waals surface area (Å²) in [5, 5.41) is 11.5. The molecule has 29 heavy (non-hydrogen) atoms. The third-order valence-electron chi connectivity index (χ3n) is 4.50. The standard InChI is InChI=1S/C23H18FN3O2/c1-15(28)17-10-7-11-18(14-17)25-21(19-12-5-6-13-20(19)24)23-27-26-22(29-23)16-8-3-2-4-9-16/h2-14,21,25H,1H3/t21-/m1/s1. The summed E-state index contributed by atoms with van der Waals surface area (Å²) in [6, 6.07) is 22.1. The van der Waals surface area contributed by atoms with Gasteiger partial charge in [0.15, 0.2) is 5.78 Å². The molecule has 4 aromatic rings. The first-order chi connectivity index (χ1) is 14.1. The van der Waals surface area contributed by atoms with Gasteiger partial charge in [0, 0.05) is 22.4 Å². The highest BCUT2D eigenvalue weighted by Gasteiger charge is 2.24. The second-order valence-electron chi connectivity index (χ2n) is 6.55. The molecule has 0 amide bonds. The van der Waals surface area contributed by atoms with Crippen LogP contribution >= 0.6 is 0 Å². The van der Waals surface area contributed by atoms with E-state index >= 15 is 0 Å². The van der Waals surface area contributed by atoms with Crippen molar-refractivity contribution in [3.63, 3.8) is 0 Å². The van der Waals surface area contributed by atoms with E-state index in [1.54, 1.807) is 42.5 Å². The highest BCUT2D eigenvalue weighted by molar-refractivity contribution is 5.94. The molecule has 0 unspecified atom stereocenters. The number of nitrogens with zero attached hydrogens (tertiary/aromatic N) is 2. The van der Waals surface area contributed by atoms with Crippen LogP contribution in [0.5, 0.6) is 0 Å². The maximum atomic E-state index is 14.6. The summed E-state index contributed by atoms with van der Waals surface area (Å²) in [7, 11) is 0. The van der Waals surface area contributed by atoms with Crippen molar-refractivity contribution in [2.24, 2.45) is 0 Å². The van der Waals surface area contributed by atoms with Gasteiger partial charge in [0.1, 0.15) is 11.9 Å². The lowest BCUT2D eigenvalue weighted by atomic mass is 10.0. The minimum atomic E-state index is -0.719. The Morgan fingerprint density at radius 2 is 1.72 bits per heavy atom. The van der Waals surface area contributed by atoms with Crippen LogP contribution in [0.15, 0.2) is 83.3 Å². The number of aromatic nitrogens is 2. The van der Waals surface area contributed by atoms with E-state index in [9.17, 15) is 9.18 Å². The van der Waals surface area contributed by atoms with E-state index in [1.165, 1.54) is 13.0 Å². The Morgan fingerprint density at radius 1 is 0.966 bits per heavy atom. The van der Waals surface area contributed by atoms with E-state index in [2.05, 4.69) is 15.5 Å². The molecule has 5 nitrogen and oxygen atoms in total. The van der Waals surface area contributed by atoms with E-state index in [0.717, 1.165) is 5.56 Å². The molecule has 0 aliphatic carbocycles. The van der Waals surface area contributed by atoms with E-state index in [-0.39, 0.29) is 11.7 Å². The monoisotopic (exact) mass is 387 g/mol. The van der Waals surface area contributed by atoms with Crippen molar-refractivity contribution in [3.05, 3.63) is 102 Å². The second-order valence-corrected chi connectivity index (χ2v) is 6.55. The van der Waals surface area contributed by atoms with Gasteiger partial charge in [0.25, 0.3) is 0 Å². The number of hydrogen-bond donors (Lipinski definition) is 1. The number of nitrogens with one attached hydrogen (secondary N) is 1. The molecule has 1 N–H and O–H groups in total. The molecule has 0 saturated carbocycles. The van der Waals surface area contributed by atoms with Gasteiger partial charge in [-0.1, -0.05) is 48.5 Å². The van der Waals surface area contributed by atoms with Gasteiger partial charge in [-0.3, -0.25) is 4.79 Å². The highest BCUT2D eigenvalue weighted by atomic mass is 19.1. The molecule has 0 aliphatic rings. The third kappa shape index (κ3) is 4.06. The van der Waals surface area contributed by atoms with Gasteiger partial charge >= 0.3 is 0 Å². The Kier molecular flexibility index (Phi) is 5.16. The summed E-state index contributed by atoms with van der Waals surface area (Å²) in [6.07, 6.45) is 0. The lowest BCUT2D eigenvalue weighted by molar-refractivity contribution is 0.101. The van der Waals surface area contributed by atoms with Crippen molar-refractivity contribution in [2.75, 3.05) is 5.32 Å². The zero-order valence-electron chi connectivity index (χ0n) is 15.7. The summed E-state index contributed by atoms with van der Waals surface area (Å²) in [4.78, 5) is 11.7. The predicted molar refractivity (Wildman–Crippen MR) is 108 cm³/mol. The molecule has 1 aromatic heterocycles. The van der Waals surface area contributed by atoms with E-state index in [0.29, 0.717) is 22.7 Å². The van der Waals surface area contributed by atoms with Crippen LogP contribution in [0.1, 0.15) is 34.8 Å². The van der Waals surface area contributed by atoms with Gasteiger partial charge in [0.05, 0.1) is 0 Å². The van der Waals surface area contributed by atoms with Gasteiger partial charge in [-0.2, -0.15) is 0 Å². The lowest BCUT2D eigenvalue weighted by Crippen LogP contribution is -2.15. The fraction of sp³-hybridized carbons (Fsp3) is 0.0870. The van der Waals surface area contributed by atoms with E-state index in [4.69, 9.17) is 4.42 Å². The number of Topliss-reactive ketones (excluding diaryl/α,β-unsaturated/α-hetero) is 1. The fourth-order valence-corrected chi connectivity index (χ4v) is 3.02. The topological polar surface area (TPSA) is 68.0 Å². The number of halogens is 1. The van der Waals surface area contributed by atoms with Crippen LogP contribution in [-0.4, -0.2) is 16.0 Å². The number of carbonyl (C=O) groups excluding carboxylic acids is 1. The van der Waals surface area contributed by atoms with Gasteiger partial charge in [-0.25, -0.2) is 4.39 Å². The third-order valence-corrected chi connectivity index (χ3v) is 4.50. The molecule has 0 radical (unpaired) electrons. The molecule has 0 aliphatic heterocycles. The van der Waals surface area contributed by atoms with E-state index in [1.807, 2.05) is 30.3 Å². The first-order valence-electron chi connectivity index (χ1n) is 9.12. The highest BCUT2D eigenvalue weighted by Crippen LogP contribution is 2.30. The number of rotatable bonds is 6. The molecular weight excluding hydrogens is 369 g/mol. The van der Waals surface area contributed by atoms with Crippen LogP contribution in [0.2, 0.25) is 0 Å². The van der Waals surface area contributed by atoms with Crippen LogP contribution in [0, 0.1) is 5.82 Å².